The lowest BCUT2D eigenvalue weighted by Gasteiger charge is -2.04. The lowest BCUT2D eigenvalue weighted by Crippen LogP contribution is -2.17. The number of methoxy groups -OCH3 is 1. The topological polar surface area (TPSA) is 125 Å². The summed E-state index contributed by atoms with van der Waals surface area (Å²) in [6.45, 7) is 0. The van der Waals surface area contributed by atoms with E-state index in [1.54, 1.807) is 12.1 Å². The molecule has 1 N–H and O–H groups in total. The summed E-state index contributed by atoms with van der Waals surface area (Å²) < 4.78 is 41.1. The molecule has 2 aromatic heterocycles. The molecule has 0 aliphatic rings. The number of furan rings is 1. The van der Waals surface area contributed by atoms with Crippen LogP contribution in [-0.4, -0.2) is 37.4 Å². The second kappa shape index (κ2) is 8.40. The number of hydrogen-bond donors (Lipinski definition) is 1. The fraction of sp³-hybridized carbons (Fsp3) is 0.150. The molecule has 0 aliphatic heterocycles. The number of benzene rings is 2. The van der Waals surface area contributed by atoms with E-state index in [0.717, 1.165) is 5.39 Å². The Morgan fingerprint density at radius 2 is 1.90 bits per heavy atom. The number of carbonyl (C=O) groups is 1. The Bertz CT molecular complexity index is 1350. The van der Waals surface area contributed by atoms with Crippen molar-refractivity contribution in [3.05, 3.63) is 53.6 Å². The molecule has 160 valence electrons. The monoisotopic (exact) mass is 461 g/mol. The zero-order valence-electron chi connectivity index (χ0n) is 16.2. The van der Waals surface area contributed by atoms with E-state index < -0.39 is 15.7 Å². The molecule has 0 aliphatic carbocycles. The molecule has 2 aromatic carbocycles. The number of carbonyl (C=O) groups excluding carboxylic acids is 1. The molecule has 0 unspecified atom stereocenters. The van der Waals surface area contributed by atoms with Gasteiger partial charge in [0.1, 0.15) is 0 Å². The van der Waals surface area contributed by atoms with Crippen LogP contribution in [0.15, 0.2) is 62.3 Å². The van der Waals surface area contributed by atoms with E-state index in [9.17, 15) is 13.2 Å². The van der Waals surface area contributed by atoms with Gasteiger partial charge in [0.15, 0.2) is 26.9 Å². The van der Waals surface area contributed by atoms with Gasteiger partial charge in [0.05, 0.1) is 17.8 Å². The maximum atomic E-state index is 12.3. The number of amides is 1. The van der Waals surface area contributed by atoms with Crippen molar-refractivity contribution in [2.75, 3.05) is 18.2 Å². The highest BCUT2D eigenvalue weighted by Crippen LogP contribution is 2.33. The van der Waals surface area contributed by atoms with Crippen LogP contribution in [0.5, 0.6) is 5.75 Å². The Morgan fingerprint density at radius 3 is 2.65 bits per heavy atom. The zero-order valence-corrected chi connectivity index (χ0v) is 17.7. The maximum absolute atomic E-state index is 12.3. The summed E-state index contributed by atoms with van der Waals surface area (Å²) in [6.07, 6.45) is -0.287. The first-order valence-corrected chi connectivity index (χ1v) is 11.1. The van der Waals surface area contributed by atoms with Crippen LogP contribution in [-0.2, 0) is 14.6 Å². The highest BCUT2D eigenvalue weighted by molar-refractivity contribution is 7.91. The van der Waals surface area contributed by atoms with Gasteiger partial charge in [0.25, 0.3) is 5.89 Å². The summed E-state index contributed by atoms with van der Waals surface area (Å²) in [4.78, 5) is 12.2. The molecule has 9 nitrogen and oxygen atoms in total. The number of ether oxygens (including phenoxy) is 1. The third kappa shape index (κ3) is 4.54. The molecule has 0 saturated heterocycles. The summed E-state index contributed by atoms with van der Waals surface area (Å²) in [5.41, 5.74) is 0.524. The second-order valence-electron chi connectivity index (χ2n) is 6.47. The molecule has 11 heteroatoms. The molecular formula is C20H16ClN3O6S. The summed E-state index contributed by atoms with van der Waals surface area (Å²) in [6, 6.07) is 12.7. The number of halogens is 1. The van der Waals surface area contributed by atoms with Crippen molar-refractivity contribution in [2.45, 2.75) is 11.3 Å². The standard InChI is InChI=1S/C20H16ClN3O6S/c1-28-15-4-2-3-12-11-16(29-18(12)15)19-23-24-20(30-19)22-17(25)9-10-31(26,27)14-7-5-13(21)6-8-14/h2-8,11H,9-10H2,1H3,(H,22,24,25). The molecule has 0 fully saturated rings. The Kier molecular flexibility index (Phi) is 5.66. The molecule has 0 bridgehead atoms. The SMILES string of the molecule is COc1cccc2cc(-c3nnc(NC(=O)CCS(=O)(=O)c4ccc(Cl)cc4)o3)oc12. The first-order chi connectivity index (χ1) is 14.9. The largest absolute Gasteiger partial charge is 0.493 e. The van der Waals surface area contributed by atoms with Gasteiger partial charge in [-0.25, -0.2) is 8.42 Å². The van der Waals surface area contributed by atoms with Gasteiger partial charge >= 0.3 is 6.01 Å². The van der Waals surface area contributed by atoms with E-state index in [0.29, 0.717) is 22.1 Å². The number of hydrogen-bond acceptors (Lipinski definition) is 8. The minimum absolute atomic E-state index is 0.0577. The number of aromatic nitrogens is 2. The van der Waals surface area contributed by atoms with Gasteiger partial charge in [-0.2, -0.15) is 0 Å². The van der Waals surface area contributed by atoms with Crippen molar-refractivity contribution < 1.29 is 26.8 Å². The number of para-hydroxylation sites is 1. The number of nitrogens with zero attached hydrogens (tertiary/aromatic N) is 2. The highest BCUT2D eigenvalue weighted by atomic mass is 35.5. The van der Waals surface area contributed by atoms with Gasteiger partial charge in [0.2, 0.25) is 5.91 Å². The Morgan fingerprint density at radius 1 is 1.13 bits per heavy atom. The van der Waals surface area contributed by atoms with Crippen LogP contribution < -0.4 is 10.1 Å². The number of sulfone groups is 1. The Hall–Kier alpha value is -3.37. The van der Waals surface area contributed by atoms with Crippen molar-refractivity contribution in [2.24, 2.45) is 0 Å². The van der Waals surface area contributed by atoms with E-state index in [1.165, 1.54) is 31.4 Å². The number of nitrogens with one attached hydrogen (secondary N) is 1. The van der Waals surface area contributed by atoms with Crippen LogP contribution >= 0.6 is 11.6 Å². The van der Waals surface area contributed by atoms with Crippen LogP contribution in [0, 0.1) is 0 Å². The summed E-state index contributed by atoms with van der Waals surface area (Å²) in [5, 5.41) is 11.2. The fourth-order valence-corrected chi connectivity index (χ4v) is 4.21. The van der Waals surface area contributed by atoms with Gasteiger partial charge in [0, 0.05) is 16.8 Å². The summed E-state index contributed by atoms with van der Waals surface area (Å²) in [5.74, 6) is -0.0528. The molecule has 4 rings (SSSR count). The molecule has 4 aromatic rings. The molecule has 0 atom stereocenters. The van der Waals surface area contributed by atoms with Crippen LogP contribution in [0.1, 0.15) is 6.42 Å². The normalized spacial score (nSPS) is 11.5. The molecule has 0 saturated carbocycles. The first-order valence-electron chi connectivity index (χ1n) is 9.04. The molecule has 0 radical (unpaired) electrons. The third-order valence-corrected chi connectivity index (χ3v) is 6.36. The van der Waals surface area contributed by atoms with Crippen molar-refractivity contribution >= 4 is 44.3 Å². The quantitative estimate of drug-likeness (QED) is 0.438. The predicted octanol–water partition coefficient (Wildman–Crippen LogP) is 3.95. The van der Waals surface area contributed by atoms with Crippen molar-refractivity contribution in [3.63, 3.8) is 0 Å². The number of anilines is 1. The molecule has 2 heterocycles. The summed E-state index contributed by atoms with van der Waals surface area (Å²) >= 11 is 5.77. The van der Waals surface area contributed by atoms with Crippen molar-refractivity contribution in [1.82, 2.24) is 10.2 Å². The van der Waals surface area contributed by atoms with Crippen molar-refractivity contribution in [1.29, 1.82) is 0 Å². The van der Waals surface area contributed by atoms with Crippen LogP contribution in [0.25, 0.3) is 22.6 Å². The third-order valence-electron chi connectivity index (χ3n) is 4.38. The van der Waals surface area contributed by atoms with E-state index >= 15 is 0 Å². The average Bonchev–Trinajstić information content (AvgIpc) is 3.39. The Balaban J connectivity index is 1.42. The fourth-order valence-electron chi connectivity index (χ4n) is 2.84. The molecule has 31 heavy (non-hydrogen) atoms. The van der Waals surface area contributed by atoms with Gasteiger partial charge in [-0.05, 0) is 36.4 Å². The van der Waals surface area contributed by atoms with Gasteiger partial charge < -0.3 is 13.6 Å². The lowest BCUT2D eigenvalue weighted by atomic mass is 10.2. The van der Waals surface area contributed by atoms with E-state index in [-0.39, 0.29) is 29.0 Å². The van der Waals surface area contributed by atoms with Crippen LogP contribution in [0.3, 0.4) is 0 Å². The van der Waals surface area contributed by atoms with Gasteiger partial charge in [-0.15, -0.1) is 5.10 Å². The highest BCUT2D eigenvalue weighted by Gasteiger charge is 2.19. The van der Waals surface area contributed by atoms with Gasteiger partial charge in [-0.3, -0.25) is 10.1 Å². The van der Waals surface area contributed by atoms with Crippen LogP contribution in [0.4, 0.5) is 6.01 Å². The number of rotatable bonds is 7. The van der Waals surface area contributed by atoms with E-state index in [4.69, 9.17) is 25.2 Å². The Labute approximate surface area is 181 Å². The predicted molar refractivity (Wildman–Crippen MR) is 113 cm³/mol. The molecule has 0 spiro atoms. The lowest BCUT2D eigenvalue weighted by molar-refractivity contribution is -0.115. The van der Waals surface area contributed by atoms with E-state index in [2.05, 4.69) is 15.5 Å². The average molecular weight is 462 g/mol. The van der Waals surface area contributed by atoms with Gasteiger partial charge in [-0.1, -0.05) is 28.8 Å². The molecule has 1 amide bonds. The smallest absolute Gasteiger partial charge is 0.322 e. The minimum Gasteiger partial charge on any atom is -0.493 e. The van der Waals surface area contributed by atoms with Crippen LogP contribution in [0.2, 0.25) is 5.02 Å². The van der Waals surface area contributed by atoms with E-state index in [1.807, 2.05) is 12.1 Å². The zero-order chi connectivity index (χ0) is 22.0. The number of fused-ring (bicyclic) bond motifs is 1. The maximum Gasteiger partial charge on any atom is 0.322 e. The summed E-state index contributed by atoms with van der Waals surface area (Å²) in [7, 11) is -2.10. The second-order valence-corrected chi connectivity index (χ2v) is 9.02. The van der Waals surface area contributed by atoms with Crippen molar-refractivity contribution in [3.8, 4) is 17.4 Å². The molecular weight excluding hydrogens is 446 g/mol. The first kappa shape index (κ1) is 20.9. The minimum atomic E-state index is -3.64.